The van der Waals surface area contributed by atoms with Crippen LogP contribution < -0.4 is 4.74 Å². The molecule has 0 atom stereocenters. The predicted octanol–water partition coefficient (Wildman–Crippen LogP) is 4.21. The highest BCUT2D eigenvalue weighted by Crippen LogP contribution is 2.30. The van der Waals surface area contributed by atoms with Crippen molar-refractivity contribution in [2.45, 2.75) is 20.8 Å². The highest BCUT2D eigenvalue weighted by molar-refractivity contribution is 5.94. The SMILES string of the molecule is CC(=O)c1cc(C)c(Oc2ccc([N+](=O)[O-])cc2)c(C)c1. The minimum Gasteiger partial charge on any atom is -0.457 e. The summed E-state index contributed by atoms with van der Waals surface area (Å²) in [5.74, 6) is 1.18. The van der Waals surface area contributed by atoms with Gasteiger partial charge in [-0.15, -0.1) is 0 Å². The number of hydrogen-bond donors (Lipinski definition) is 0. The first kappa shape index (κ1) is 14.7. The summed E-state index contributed by atoms with van der Waals surface area (Å²) in [7, 11) is 0. The lowest BCUT2D eigenvalue weighted by atomic mass is 10.0. The van der Waals surface area contributed by atoms with E-state index in [-0.39, 0.29) is 11.5 Å². The van der Waals surface area contributed by atoms with Gasteiger partial charge >= 0.3 is 0 Å². The molecule has 0 bridgehead atoms. The van der Waals surface area contributed by atoms with Crippen LogP contribution in [0.4, 0.5) is 5.69 Å². The van der Waals surface area contributed by atoms with Crippen LogP contribution in [0.1, 0.15) is 28.4 Å². The molecule has 0 spiro atoms. The molecule has 0 aromatic heterocycles. The van der Waals surface area contributed by atoms with E-state index in [1.807, 2.05) is 13.8 Å². The molecular weight excluding hydrogens is 270 g/mol. The average Bonchev–Trinajstić information content (AvgIpc) is 2.43. The Morgan fingerprint density at radius 2 is 1.62 bits per heavy atom. The minimum absolute atomic E-state index is 0.00286. The van der Waals surface area contributed by atoms with Crippen LogP contribution in [0.2, 0.25) is 0 Å². The Balaban J connectivity index is 2.31. The lowest BCUT2D eigenvalue weighted by Gasteiger charge is -2.13. The number of nitro benzene ring substituents is 1. The molecule has 0 aliphatic carbocycles. The topological polar surface area (TPSA) is 69.4 Å². The van der Waals surface area contributed by atoms with E-state index in [9.17, 15) is 14.9 Å². The molecule has 2 aromatic carbocycles. The van der Waals surface area contributed by atoms with Crippen LogP contribution in [0.3, 0.4) is 0 Å². The van der Waals surface area contributed by atoms with Gasteiger partial charge in [0, 0.05) is 17.7 Å². The van der Waals surface area contributed by atoms with Crippen molar-refractivity contribution in [1.29, 1.82) is 0 Å². The van der Waals surface area contributed by atoms with Gasteiger partial charge in [0.2, 0.25) is 0 Å². The number of nitrogens with zero attached hydrogens (tertiary/aromatic N) is 1. The Bertz CT molecular complexity index is 682. The van der Waals surface area contributed by atoms with E-state index in [1.165, 1.54) is 19.1 Å². The summed E-state index contributed by atoms with van der Waals surface area (Å²) in [6.45, 7) is 5.24. The smallest absolute Gasteiger partial charge is 0.269 e. The Morgan fingerprint density at radius 3 is 2.05 bits per heavy atom. The van der Waals surface area contributed by atoms with Gasteiger partial charge in [-0.3, -0.25) is 14.9 Å². The normalized spacial score (nSPS) is 10.2. The monoisotopic (exact) mass is 285 g/mol. The average molecular weight is 285 g/mol. The maximum absolute atomic E-state index is 11.4. The fourth-order valence-electron chi connectivity index (χ4n) is 2.07. The van der Waals surface area contributed by atoms with Crippen LogP contribution in [0.25, 0.3) is 0 Å². The number of hydrogen-bond acceptors (Lipinski definition) is 4. The molecule has 0 fully saturated rings. The Labute approximate surface area is 122 Å². The minimum atomic E-state index is -0.456. The molecule has 0 heterocycles. The first-order valence-electron chi connectivity index (χ1n) is 6.43. The molecular formula is C16H15NO4. The summed E-state index contributed by atoms with van der Waals surface area (Å²) >= 11 is 0. The van der Waals surface area contributed by atoms with Crippen molar-refractivity contribution >= 4 is 11.5 Å². The predicted molar refractivity (Wildman–Crippen MR) is 79.1 cm³/mol. The lowest BCUT2D eigenvalue weighted by molar-refractivity contribution is -0.384. The van der Waals surface area contributed by atoms with E-state index in [2.05, 4.69) is 0 Å². The van der Waals surface area contributed by atoms with Crippen LogP contribution in [0.5, 0.6) is 11.5 Å². The van der Waals surface area contributed by atoms with Gasteiger partial charge in [0.15, 0.2) is 5.78 Å². The van der Waals surface area contributed by atoms with E-state index >= 15 is 0 Å². The Kier molecular flexibility index (Phi) is 4.03. The van der Waals surface area contributed by atoms with Gasteiger partial charge in [-0.05, 0) is 56.2 Å². The van der Waals surface area contributed by atoms with E-state index < -0.39 is 4.92 Å². The summed E-state index contributed by atoms with van der Waals surface area (Å²) < 4.78 is 5.78. The number of ether oxygens (including phenoxy) is 1. The summed E-state index contributed by atoms with van der Waals surface area (Å²) in [6.07, 6.45) is 0. The maximum Gasteiger partial charge on any atom is 0.269 e. The molecule has 0 saturated heterocycles. The van der Waals surface area contributed by atoms with Crippen molar-refractivity contribution in [1.82, 2.24) is 0 Å². The number of non-ortho nitro benzene ring substituents is 1. The second kappa shape index (κ2) is 5.75. The lowest BCUT2D eigenvalue weighted by Crippen LogP contribution is -1.98. The zero-order valence-electron chi connectivity index (χ0n) is 12.0. The van der Waals surface area contributed by atoms with E-state index in [0.29, 0.717) is 17.1 Å². The number of carbonyl (C=O) groups is 1. The van der Waals surface area contributed by atoms with Gasteiger partial charge in [-0.1, -0.05) is 0 Å². The molecule has 21 heavy (non-hydrogen) atoms. The number of ketones is 1. The molecule has 0 amide bonds. The van der Waals surface area contributed by atoms with Gasteiger partial charge in [0.1, 0.15) is 11.5 Å². The number of rotatable bonds is 4. The van der Waals surface area contributed by atoms with Crippen molar-refractivity contribution in [2.75, 3.05) is 0 Å². The van der Waals surface area contributed by atoms with Gasteiger partial charge < -0.3 is 4.74 Å². The first-order chi connectivity index (χ1) is 9.88. The van der Waals surface area contributed by atoms with Gasteiger partial charge in [0.05, 0.1) is 4.92 Å². The van der Waals surface area contributed by atoms with Gasteiger partial charge in [-0.2, -0.15) is 0 Å². The molecule has 2 rings (SSSR count). The fraction of sp³-hybridized carbons (Fsp3) is 0.188. The molecule has 0 aliphatic rings. The van der Waals surface area contributed by atoms with Crippen LogP contribution in [0, 0.1) is 24.0 Å². The number of aryl methyl sites for hydroxylation is 2. The molecule has 0 unspecified atom stereocenters. The van der Waals surface area contributed by atoms with E-state index in [1.54, 1.807) is 24.3 Å². The standard InChI is InChI=1S/C16H15NO4/c1-10-8-13(12(3)18)9-11(2)16(10)21-15-6-4-14(5-7-15)17(19)20/h4-9H,1-3H3. The van der Waals surface area contributed by atoms with E-state index in [0.717, 1.165) is 11.1 Å². The molecule has 0 radical (unpaired) electrons. The van der Waals surface area contributed by atoms with Crippen molar-refractivity contribution in [3.05, 3.63) is 63.2 Å². The van der Waals surface area contributed by atoms with Crippen LogP contribution in [0.15, 0.2) is 36.4 Å². The van der Waals surface area contributed by atoms with Crippen molar-refractivity contribution < 1.29 is 14.5 Å². The quantitative estimate of drug-likeness (QED) is 0.479. The summed E-state index contributed by atoms with van der Waals surface area (Å²) in [6, 6.07) is 9.44. The summed E-state index contributed by atoms with van der Waals surface area (Å²) in [5.41, 5.74) is 2.35. The molecule has 108 valence electrons. The fourth-order valence-corrected chi connectivity index (χ4v) is 2.07. The third kappa shape index (κ3) is 3.25. The number of benzene rings is 2. The van der Waals surface area contributed by atoms with Crippen molar-refractivity contribution in [3.63, 3.8) is 0 Å². The first-order valence-corrected chi connectivity index (χ1v) is 6.43. The van der Waals surface area contributed by atoms with Crippen LogP contribution in [-0.2, 0) is 0 Å². The van der Waals surface area contributed by atoms with Gasteiger partial charge in [0.25, 0.3) is 5.69 Å². The summed E-state index contributed by atoms with van der Waals surface area (Å²) in [4.78, 5) is 21.6. The second-order valence-electron chi connectivity index (χ2n) is 4.85. The van der Waals surface area contributed by atoms with Gasteiger partial charge in [-0.25, -0.2) is 0 Å². The van der Waals surface area contributed by atoms with Crippen LogP contribution >= 0.6 is 0 Å². The van der Waals surface area contributed by atoms with Crippen molar-refractivity contribution in [3.8, 4) is 11.5 Å². The largest absolute Gasteiger partial charge is 0.457 e. The maximum atomic E-state index is 11.4. The zero-order valence-corrected chi connectivity index (χ0v) is 12.0. The second-order valence-corrected chi connectivity index (χ2v) is 4.85. The highest BCUT2D eigenvalue weighted by atomic mass is 16.6. The number of nitro groups is 1. The molecule has 5 nitrogen and oxygen atoms in total. The number of carbonyl (C=O) groups excluding carboxylic acids is 1. The molecule has 0 saturated carbocycles. The van der Waals surface area contributed by atoms with E-state index in [4.69, 9.17) is 4.74 Å². The van der Waals surface area contributed by atoms with Crippen LogP contribution in [-0.4, -0.2) is 10.7 Å². The Hall–Kier alpha value is -2.69. The Morgan fingerprint density at radius 1 is 1.10 bits per heavy atom. The zero-order chi connectivity index (χ0) is 15.6. The molecule has 5 heteroatoms. The van der Waals surface area contributed by atoms with Crippen molar-refractivity contribution in [2.24, 2.45) is 0 Å². The molecule has 0 N–H and O–H groups in total. The third-order valence-electron chi connectivity index (χ3n) is 3.13. The molecule has 2 aromatic rings. The third-order valence-corrected chi connectivity index (χ3v) is 3.13. The molecule has 0 aliphatic heterocycles. The number of Topliss-reactive ketones (excluding diaryl/α,β-unsaturated/α-hetero) is 1. The summed E-state index contributed by atoms with van der Waals surface area (Å²) in [5, 5.41) is 10.6. The highest BCUT2D eigenvalue weighted by Gasteiger charge is 2.11.